The van der Waals surface area contributed by atoms with E-state index in [2.05, 4.69) is 37.0 Å². The summed E-state index contributed by atoms with van der Waals surface area (Å²) in [6.07, 6.45) is 0. The lowest BCUT2D eigenvalue weighted by Crippen LogP contribution is -2.15. The van der Waals surface area contributed by atoms with Crippen molar-refractivity contribution in [1.29, 1.82) is 0 Å². The van der Waals surface area contributed by atoms with Crippen molar-refractivity contribution in [2.45, 2.75) is 0 Å². The maximum absolute atomic E-state index is 13.9. The number of ether oxygens (including phenoxy) is 2. The summed E-state index contributed by atoms with van der Waals surface area (Å²) in [6, 6.07) is 11.5. The summed E-state index contributed by atoms with van der Waals surface area (Å²) in [6.45, 7) is 0. The molecule has 0 saturated carbocycles. The first-order valence-corrected chi connectivity index (χ1v) is 9.47. The quantitative estimate of drug-likeness (QED) is 0.372. The van der Waals surface area contributed by atoms with Gasteiger partial charge in [-0.25, -0.2) is 18.7 Å². The number of benzene rings is 2. The topological polar surface area (TPSA) is 70.4 Å². The molecule has 2 aromatic carbocycles. The van der Waals surface area contributed by atoms with Gasteiger partial charge < -0.3 is 9.47 Å². The highest BCUT2D eigenvalue weighted by Gasteiger charge is 2.32. The molecule has 6 nitrogen and oxygen atoms in total. The van der Waals surface area contributed by atoms with Crippen molar-refractivity contribution in [3.8, 4) is 16.9 Å². The minimum absolute atomic E-state index is 0.0857. The highest BCUT2D eigenvalue weighted by Crippen LogP contribution is 2.36. The van der Waals surface area contributed by atoms with Gasteiger partial charge in [0.1, 0.15) is 17.1 Å². The maximum Gasteiger partial charge on any atom is 0.357 e. The first-order valence-electron chi connectivity index (χ1n) is 7.89. The molecule has 3 rings (SSSR count). The third kappa shape index (κ3) is 3.59. The van der Waals surface area contributed by atoms with Gasteiger partial charge in [0.15, 0.2) is 5.69 Å². The largest absolute Gasteiger partial charge is 0.465 e. The molecule has 0 bridgehead atoms. The average molecular weight is 512 g/mol. The third-order valence-corrected chi connectivity index (χ3v) is 5.18. The Kier molecular flexibility index (Phi) is 5.95. The molecule has 3 aromatic rings. The minimum Gasteiger partial charge on any atom is -0.465 e. The Morgan fingerprint density at radius 3 is 2.25 bits per heavy atom. The zero-order chi connectivity index (χ0) is 20.4. The number of halogens is 3. The van der Waals surface area contributed by atoms with Gasteiger partial charge in [0.05, 0.1) is 24.4 Å². The number of esters is 2. The summed E-state index contributed by atoms with van der Waals surface area (Å²) in [5, 5.41) is 4.46. The van der Waals surface area contributed by atoms with Crippen LogP contribution < -0.4 is 0 Å². The smallest absolute Gasteiger partial charge is 0.357 e. The second-order valence-corrected chi connectivity index (χ2v) is 7.26. The van der Waals surface area contributed by atoms with Crippen molar-refractivity contribution in [3.63, 3.8) is 0 Å². The number of hydrogen-bond acceptors (Lipinski definition) is 5. The number of methoxy groups -OCH3 is 2. The van der Waals surface area contributed by atoms with Crippen LogP contribution >= 0.6 is 31.9 Å². The molecule has 0 amide bonds. The standard InChI is InChI=1S/C19H13Br2FN2O4/c1-27-18(25)15-16(11-8-13(21)14(22)9-12(11)20)23-24(17(15)19(26)28-2)10-6-4-3-5-7-10/h3-9H,1-2H3. The van der Waals surface area contributed by atoms with Crippen LogP contribution in [0, 0.1) is 5.82 Å². The molecule has 1 aromatic heterocycles. The van der Waals surface area contributed by atoms with E-state index >= 15 is 0 Å². The molecular formula is C19H13Br2FN2O4. The summed E-state index contributed by atoms with van der Waals surface area (Å²) < 4.78 is 25.4. The summed E-state index contributed by atoms with van der Waals surface area (Å²) in [7, 11) is 2.40. The molecular weight excluding hydrogens is 499 g/mol. The van der Waals surface area contributed by atoms with Crippen LogP contribution in [0.25, 0.3) is 16.9 Å². The molecule has 0 aliphatic rings. The van der Waals surface area contributed by atoms with E-state index in [0.717, 1.165) is 0 Å². The molecule has 144 valence electrons. The lowest BCUT2D eigenvalue weighted by Gasteiger charge is -2.07. The number of rotatable bonds is 4. The number of aromatic nitrogens is 2. The predicted molar refractivity (Wildman–Crippen MR) is 107 cm³/mol. The number of carbonyl (C=O) groups excluding carboxylic acids is 2. The molecule has 0 aliphatic carbocycles. The molecule has 0 radical (unpaired) electrons. The fourth-order valence-electron chi connectivity index (χ4n) is 2.65. The second-order valence-electron chi connectivity index (χ2n) is 5.55. The summed E-state index contributed by atoms with van der Waals surface area (Å²) in [5.74, 6) is -2.03. The Hall–Kier alpha value is -2.52. The van der Waals surface area contributed by atoms with E-state index < -0.39 is 17.8 Å². The fraction of sp³-hybridized carbons (Fsp3) is 0.105. The van der Waals surface area contributed by atoms with E-state index in [1.54, 1.807) is 30.3 Å². The lowest BCUT2D eigenvalue weighted by molar-refractivity contribution is 0.0549. The van der Waals surface area contributed by atoms with E-state index in [0.29, 0.717) is 15.7 Å². The van der Waals surface area contributed by atoms with E-state index in [4.69, 9.17) is 9.47 Å². The Morgan fingerprint density at radius 1 is 1.00 bits per heavy atom. The van der Waals surface area contributed by atoms with E-state index in [9.17, 15) is 14.0 Å². The Morgan fingerprint density at radius 2 is 1.64 bits per heavy atom. The van der Waals surface area contributed by atoms with Gasteiger partial charge in [0.25, 0.3) is 0 Å². The highest BCUT2D eigenvalue weighted by molar-refractivity contribution is 9.11. The van der Waals surface area contributed by atoms with Crippen LogP contribution in [0.5, 0.6) is 0 Å². The van der Waals surface area contributed by atoms with Crippen molar-refractivity contribution in [2.75, 3.05) is 14.2 Å². The molecule has 1 heterocycles. The minimum atomic E-state index is -0.773. The van der Waals surface area contributed by atoms with Crippen molar-refractivity contribution < 1.29 is 23.5 Å². The Bertz CT molecular complexity index is 1070. The van der Waals surface area contributed by atoms with Gasteiger partial charge >= 0.3 is 11.9 Å². The monoisotopic (exact) mass is 510 g/mol. The van der Waals surface area contributed by atoms with Crippen LogP contribution in [0.4, 0.5) is 4.39 Å². The first kappa shape index (κ1) is 20.2. The van der Waals surface area contributed by atoms with Gasteiger partial charge in [0, 0.05) is 10.0 Å². The summed E-state index contributed by atoms with van der Waals surface area (Å²) in [5.41, 5.74) is 0.897. The Balaban J connectivity index is 2.40. The summed E-state index contributed by atoms with van der Waals surface area (Å²) in [4.78, 5) is 25.1. The normalized spacial score (nSPS) is 10.6. The van der Waals surface area contributed by atoms with Crippen LogP contribution in [0.3, 0.4) is 0 Å². The summed E-state index contributed by atoms with van der Waals surface area (Å²) >= 11 is 6.42. The maximum atomic E-state index is 13.9. The van der Waals surface area contributed by atoms with Crippen molar-refractivity contribution in [3.05, 3.63) is 68.5 Å². The molecule has 9 heteroatoms. The molecule has 0 fully saturated rings. The van der Waals surface area contributed by atoms with Gasteiger partial charge in [-0.15, -0.1) is 0 Å². The van der Waals surface area contributed by atoms with Crippen LogP contribution in [0.2, 0.25) is 0 Å². The van der Waals surface area contributed by atoms with Crippen LogP contribution in [-0.4, -0.2) is 35.9 Å². The number of nitrogens with zero attached hydrogens (tertiary/aromatic N) is 2. The van der Waals surface area contributed by atoms with Gasteiger partial charge in [0.2, 0.25) is 0 Å². The number of carbonyl (C=O) groups is 2. The third-order valence-electron chi connectivity index (χ3n) is 3.92. The second kappa shape index (κ2) is 8.24. The van der Waals surface area contributed by atoms with E-state index in [1.165, 1.54) is 31.0 Å². The average Bonchev–Trinajstić information content (AvgIpc) is 3.10. The molecule has 0 aliphatic heterocycles. The van der Waals surface area contributed by atoms with Crippen LogP contribution in [0.1, 0.15) is 20.8 Å². The van der Waals surface area contributed by atoms with Crippen LogP contribution in [-0.2, 0) is 9.47 Å². The molecule has 0 saturated heterocycles. The molecule has 28 heavy (non-hydrogen) atoms. The zero-order valence-electron chi connectivity index (χ0n) is 14.7. The molecule has 0 N–H and O–H groups in total. The predicted octanol–water partition coefficient (Wildman–Crippen LogP) is 4.78. The van der Waals surface area contributed by atoms with Crippen LogP contribution in [0.15, 0.2) is 51.4 Å². The van der Waals surface area contributed by atoms with Gasteiger partial charge in [-0.3, -0.25) is 0 Å². The molecule has 0 atom stereocenters. The lowest BCUT2D eigenvalue weighted by atomic mass is 10.1. The Labute approximate surface area is 176 Å². The van der Waals surface area contributed by atoms with Gasteiger partial charge in [-0.05, 0) is 56.1 Å². The van der Waals surface area contributed by atoms with E-state index in [1.807, 2.05) is 0 Å². The fourth-order valence-corrected chi connectivity index (χ4v) is 3.49. The number of hydrogen-bond donors (Lipinski definition) is 0. The zero-order valence-corrected chi connectivity index (χ0v) is 17.9. The number of para-hydroxylation sites is 1. The van der Waals surface area contributed by atoms with Crippen molar-refractivity contribution >= 4 is 43.8 Å². The SMILES string of the molecule is COC(=O)c1c(-c2cc(Br)c(F)cc2Br)nn(-c2ccccc2)c1C(=O)OC. The first-order chi connectivity index (χ1) is 13.4. The van der Waals surface area contributed by atoms with Crippen molar-refractivity contribution in [2.24, 2.45) is 0 Å². The highest BCUT2D eigenvalue weighted by atomic mass is 79.9. The van der Waals surface area contributed by atoms with E-state index in [-0.39, 0.29) is 21.4 Å². The molecule has 0 unspecified atom stereocenters. The van der Waals surface area contributed by atoms with Gasteiger partial charge in [-0.2, -0.15) is 5.10 Å². The van der Waals surface area contributed by atoms with Gasteiger partial charge in [-0.1, -0.05) is 18.2 Å². The molecule has 0 spiro atoms. The van der Waals surface area contributed by atoms with Crippen molar-refractivity contribution in [1.82, 2.24) is 9.78 Å².